The molecule has 17 heavy (non-hydrogen) atoms. The van der Waals surface area contributed by atoms with E-state index in [1.54, 1.807) is 6.07 Å². The average molecular weight is 251 g/mol. The predicted octanol–water partition coefficient (Wildman–Crippen LogP) is 1.43. The maximum absolute atomic E-state index is 12.0. The zero-order chi connectivity index (χ0) is 12.1. The van der Waals surface area contributed by atoms with Gasteiger partial charge in [0.2, 0.25) is 0 Å². The SMILES string of the molecule is O=C(NC1CCNCC1)c1cccc(NS)c1. The smallest absolute Gasteiger partial charge is 0.251 e. The number of piperidine rings is 1. The lowest BCUT2D eigenvalue weighted by Gasteiger charge is -2.23. The second-order valence-corrected chi connectivity index (χ2v) is 4.41. The molecule has 5 heteroatoms. The van der Waals surface area contributed by atoms with Crippen molar-refractivity contribution >= 4 is 24.4 Å². The lowest BCUT2D eigenvalue weighted by atomic mass is 10.1. The van der Waals surface area contributed by atoms with Gasteiger partial charge in [0.1, 0.15) is 0 Å². The molecule has 1 amide bonds. The van der Waals surface area contributed by atoms with Crippen LogP contribution in [0, 0.1) is 0 Å². The van der Waals surface area contributed by atoms with Crippen LogP contribution < -0.4 is 15.4 Å². The molecule has 1 aliphatic heterocycles. The van der Waals surface area contributed by atoms with Gasteiger partial charge in [0.05, 0.1) is 0 Å². The van der Waals surface area contributed by atoms with Gasteiger partial charge >= 0.3 is 0 Å². The number of hydrogen-bond donors (Lipinski definition) is 4. The van der Waals surface area contributed by atoms with Gasteiger partial charge in [0.25, 0.3) is 5.91 Å². The van der Waals surface area contributed by atoms with Crippen LogP contribution in [0.25, 0.3) is 0 Å². The van der Waals surface area contributed by atoms with Crippen molar-refractivity contribution in [3.05, 3.63) is 29.8 Å². The van der Waals surface area contributed by atoms with E-state index in [4.69, 9.17) is 0 Å². The first-order valence-electron chi connectivity index (χ1n) is 5.81. The third-order valence-corrected chi connectivity index (χ3v) is 3.19. The van der Waals surface area contributed by atoms with E-state index in [0.29, 0.717) is 5.56 Å². The molecule has 92 valence electrons. The van der Waals surface area contributed by atoms with Crippen LogP contribution in [-0.2, 0) is 0 Å². The molecule has 4 nitrogen and oxygen atoms in total. The highest BCUT2D eigenvalue weighted by atomic mass is 32.1. The third-order valence-electron chi connectivity index (χ3n) is 2.93. The van der Waals surface area contributed by atoms with Gasteiger partial charge in [0.15, 0.2) is 0 Å². The summed E-state index contributed by atoms with van der Waals surface area (Å²) in [6, 6.07) is 7.61. The first kappa shape index (κ1) is 12.3. The van der Waals surface area contributed by atoms with Gasteiger partial charge < -0.3 is 15.4 Å². The molecule has 0 saturated carbocycles. The van der Waals surface area contributed by atoms with Crippen molar-refractivity contribution in [1.29, 1.82) is 0 Å². The summed E-state index contributed by atoms with van der Waals surface area (Å²) in [7, 11) is 0. The normalized spacial score (nSPS) is 16.5. The molecule has 1 heterocycles. The average Bonchev–Trinajstić information content (AvgIpc) is 2.40. The summed E-state index contributed by atoms with van der Waals surface area (Å²) in [5.41, 5.74) is 1.49. The van der Waals surface area contributed by atoms with E-state index in [2.05, 4.69) is 28.2 Å². The number of thiol groups is 1. The van der Waals surface area contributed by atoms with Crippen LogP contribution in [0.2, 0.25) is 0 Å². The Morgan fingerprint density at radius 2 is 2.12 bits per heavy atom. The van der Waals surface area contributed by atoms with Gasteiger partial charge in [-0.05, 0) is 44.1 Å². The molecule has 0 atom stereocenters. The monoisotopic (exact) mass is 251 g/mol. The second-order valence-electron chi connectivity index (χ2n) is 4.19. The van der Waals surface area contributed by atoms with E-state index < -0.39 is 0 Å². The molecule has 0 radical (unpaired) electrons. The molecule has 1 aromatic carbocycles. The van der Waals surface area contributed by atoms with Gasteiger partial charge in [-0.3, -0.25) is 4.79 Å². The fourth-order valence-electron chi connectivity index (χ4n) is 1.96. The zero-order valence-corrected chi connectivity index (χ0v) is 10.5. The molecule has 0 unspecified atom stereocenters. The fourth-order valence-corrected chi connectivity index (χ4v) is 2.10. The Morgan fingerprint density at radius 3 is 2.82 bits per heavy atom. The Balaban J connectivity index is 1.98. The number of anilines is 1. The van der Waals surface area contributed by atoms with E-state index in [9.17, 15) is 4.79 Å². The summed E-state index contributed by atoms with van der Waals surface area (Å²) in [6.07, 6.45) is 1.99. The Kier molecular flexibility index (Phi) is 4.28. The van der Waals surface area contributed by atoms with Gasteiger partial charge in [-0.25, -0.2) is 0 Å². The Morgan fingerprint density at radius 1 is 1.35 bits per heavy atom. The number of hydrogen-bond acceptors (Lipinski definition) is 4. The number of benzene rings is 1. The number of nitrogens with one attached hydrogen (secondary N) is 3. The fraction of sp³-hybridized carbons (Fsp3) is 0.417. The standard InChI is InChI=1S/C12H17N3OS/c16-12(14-10-4-6-13-7-5-10)9-2-1-3-11(8-9)15-17/h1-3,8,10,13,15,17H,4-7H2,(H,14,16). The Labute approximate surface area is 107 Å². The lowest BCUT2D eigenvalue weighted by Crippen LogP contribution is -2.42. The molecule has 3 N–H and O–H groups in total. The molecule has 2 rings (SSSR count). The van der Waals surface area contributed by atoms with Crippen molar-refractivity contribution in [2.24, 2.45) is 0 Å². The summed E-state index contributed by atoms with van der Waals surface area (Å²) in [5.74, 6) is -0.0117. The second kappa shape index (κ2) is 5.93. The number of amides is 1. The summed E-state index contributed by atoms with van der Waals surface area (Å²) in [6.45, 7) is 1.95. The van der Waals surface area contributed by atoms with Gasteiger partial charge in [-0.1, -0.05) is 18.9 Å². The van der Waals surface area contributed by atoms with E-state index in [-0.39, 0.29) is 11.9 Å². The van der Waals surface area contributed by atoms with Crippen molar-refractivity contribution in [3.8, 4) is 0 Å². The maximum atomic E-state index is 12.0. The third kappa shape index (κ3) is 3.38. The van der Waals surface area contributed by atoms with Crippen LogP contribution >= 0.6 is 12.8 Å². The minimum Gasteiger partial charge on any atom is -0.349 e. The summed E-state index contributed by atoms with van der Waals surface area (Å²) < 4.78 is 2.73. The molecule has 1 aromatic rings. The largest absolute Gasteiger partial charge is 0.349 e. The quantitative estimate of drug-likeness (QED) is 0.615. The summed E-state index contributed by atoms with van der Waals surface area (Å²) >= 11 is 3.97. The first-order valence-corrected chi connectivity index (χ1v) is 6.26. The van der Waals surface area contributed by atoms with E-state index in [0.717, 1.165) is 31.6 Å². The van der Waals surface area contributed by atoms with Crippen LogP contribution in [0.15, 0.2) is 24.3 Å². The van der Waals surface area contributed by atoms with E-state index in [1.165, 1.54) is 0 Å². The van der Waals surface area contributed by atoms with Crippen LogP contribution in [0.5, 0.6) is 0 Å². The molecular weight excluding hydrogens is 234 g/mol. The van der Waals surface area contributed by atoms with Crippen LogP contribution in [-0.4, -0.2) is 25.0 Å². The highest BCUT2D eigenvalue weighted by Gasteiger charge is 2.16. The number of carbonyl (C=O) groups excluding carboxylic acids is 1. The summed E-state index contributed by atoms with van der Waals surface area (Å²) in [5, 5.41) is 6.33. The van der Waals surface area contributed by atoms with Crippen molar-refractivity contribution in [1.82, 2.24) is 10.6 Å². The van der Waals surface area contributed by atoms with Gasteiger partial charge in [-0.15, -0.1) is 0 Å². The molecular formula is C12H17N3OS. The van der Waals surface area contributed by atoms with E-state index in [1.807, 2.05) is 18.2 Å². The minimum atomic E-state index is -0.0117. The highest BCUT2D eigenvalue weighted by Crippen LogP contribution is 2.12. The molecule has 1 aliphatic rings. The number of carbonyl (C=O) groups is 1. The topological polar surface area (TPSA) is 53.2 Å². The van der Waals surface area contributed by atoms with Crippen molar-refractivity contribution < 1.29 is 4.79 Å². The highest BCUT2D eigenvalue weighted by molar-refractivity contribution is 7.81. The molecule has 0 bridgehead atoms. The van der Waals surface area contributed by atoms with Gasteiger partial charge in [-0.2, -0.15) is 0 Å². The predicted molar refractivity (Wildman–Crippen MR) is 72.4 cm³/mol. The number of rotatable bonds is 3. The lowest BCUT2D eigenvalue weighted by molar-refractivity contribution is 0.0929. The van der Waals surface area contributed by atoms with Crippen molar-refractivity contribution in [2.75, 3.05) is 17.8 Å². The van der Waals surface area contributed by atoms with Crippen LogP contribution in [0.3, 0.4) is 0 Å². The van der Waals surface area contributed by atoms with Crippen molar-refractivity contribution in [3.63, 3.8) is 0 Å². The Hall–Kier alpha value is -1.20. The van der Waals surface area contributed by atoms with E-state index >= 15 is 0 Å². The molecule has 0 aliphatic carbocycles. The summed E-state index contributed by atoms with van der Waals surface area (Å²) in [4.78, 5) is 12.0. The molecule has 0 aromatic heterocycles. The van der Waals surface area contributed by atoms with Crippen molar-refractivity contribution in [2.45, 2.75) is 18.9 Å². The van der Waals surface area contributed by atoms with Crippen LogP contribution in [0.1, 0.15) is 23.2 Å². The Bertz CT molecular complexity index is 391. The maximum Gasteiger partial charge on any atom is 0.251 e. The minimum absolute atomic E-state index is 0.0117. The molecule has 1 fully saturated rings. The first-order chi connectivity index (χ1) is 8.29. The zero-order valence-electron chi connectivity index (χ0n) is 9.57. The molecule has 0 spiro atoms. The molecule has 1 saturated heterocycles. The van der Waals surface area contributed by atoms with Crippen LogP contribution in [0.4, 0.5) is 5.69 Å². The van der Waals surface area contributed by atoms with Gasteiger partial charge in [0, 0.05) is 17.3 Å².